The van der Waals surface area contributed by atoms with Gasteiger partial charge in [-0.05, 0) is 48.4 Å². The number of urea groups is 1. The molecule has 0 spiro atoms. The summed E-state index contributed by atoms with van der Waals surface area (Å²) < 4.78 is 7.64. The summed E-state index contributed by atoms with van der Waals surface area (Å²) in [6.45, 7) is 2.31. The first-order chi connectivity index (χ1) is 17.0. The van der Waals surface area contributed by atoms with E-state index in [0.29, 0.717) is 29.4 Å². The Bertz CT molecular complexity index is 1600. The molecule has 0 bridgehead atoms. The minimum Gasteiger partial charge on any atom is -0.334 e. The number of amides is 3. The standard InChI is InChI=1S/C26H20N6O3/c1-26(24(33)29-25(34)30-26)19-9-5-8-18(13-19)23-28-22(31-35-23)17-7-4-6-16(12-17)14-32-15-27-20-10-2-3-11-21(20)32/h2-13,15H,14H2,1H3,(H2,29,30,33,34). The molecule has 3 amide bonds. The molecule has 1 atom stereocenters. The molecule has 35 heavy (non-hydrogen) atoms. The van der Waals surface area contributed by atoms with E-state index in [1.165, 1.54) is 0 Å². The van der Waals surface area contributed by atoms with Gasteiger partial charge in [0.2, 0.25) is 5.82 Å². The molecule has 5 aromatic rings. The van der Waals surface area contributed by atoms with Gasteiger partial charge in [0.25, 0.3) is 11.8 Å². The van der Waals surface area contributed by atoms with Crippen molar-refractivity contribution in [1.29, 1.82) is 0 Å². The Labute approximate surface area is 199 Å². The van der Waals surface area contributed by atoms with Gasteiger partial charge in [-0.2, -0.15) is 4.98 Å². The minimum atomic E-state index is -1.16. The SMILES string of the molecule is CC1(c2cccc(-c3nc(-c4cccc(Cn5cnc6ccccc65)c4)no3)c2)NC(=O)NC1=O. The topological polar surface area (TPSA) is 115 Å². The maximum absolute atomic E-state index is 12.3. The van der Waals surface area contributed by atoms with E-state index in [0.717, 1.165) is 22.2 Å². The van der Waals surface area contributed by atoms with E-state index in [-0.39, 0.29) is 0 Å². The summed E-state index contributed by atoms with van der Waals surface area (Å²) in [5.74, 6) is 0.371. The number of hydrogen-bond acceptors (Lipinski definition) is 6. The van der Waals surface area contributed by atoms with E-state index >= 15 is 0 Å². The first-order valence-corrected chi connectivity index (χ1v) is 11.1. The van der Waals surface area contributed by atoms with Crippen molar-refractivity contribution in [2.75, 3.05) is 0 Å². The van der Waals surface area contributed by atoms with Gasteiger partial charge < -0.3 is 14.4 Å². The molecule has 1 fully saturated rings. The minimum absolute atomic E-state index is 0.321. The monoisotopic (exact) mass is 464 g/mol. The van der Waals surface area contributed by atoms with Gasteiger partial charge in [-0.3, -0.25) is 10.1 Å². The van der Waals surface area contributed by atoms with Crippen molar-refractivity contribution in [3.05, 3.63) is 90.3 Å². The van der Waals surface area contributed by atoms with Crippen LogP contribution in [0.25, 0.3) is 33.9 Å². The van der Waals surface area contributed by atoms with Gasteiger partial charge in [-0.25, -0.2) is 9.78 Å². The fourth-order valence-electron chi connectivity index (χ4n) is 4.31. The first-order valence-electron chi connectivity index (χ1n) is 11.1. The van der Waals surface area contributed by atoms with Crippen LogP contribution in [0.1, 0.15) is 18.1 Å². The number of imide groups is 1. The first kappa shape index (κ1) is 20.8. The predicted octanol–water partition coefficient (Wildman–Crippen LogP) is 3.86. The number of rotatable bonds is 5. The normalized spacial score (nSPS) is 17.5. The lowest BCUT2D eigenvalue weighted by molar-refractivity contribution is -0.123. The Morgan fingerprint density at radius 1 is 0.971 bits per heavy atom. The molecule has 6 rings (SSSR count). The number of hydrogen-bond donors (Lipinski definition) is 2. The van der Waals surface area contributed by atoms with Gasteiger partial charge in [0.15, 0.2) is 0 Å². The number of imidazole rings is 1. The highest BCUT2D eigenvalue weighted by atomic mass is 16.5. The zero-order valence-corrected chi connectivity index (χ0v) is 18.7. The average Bonchev–Trinajstić information content (AvgIpc) is 3.58. The molecular weight excluding hydrogens is 444 g/mol. The van der Waals surface area contributed by atoms with E-state index in [9.17, 15) is 9.59 Å². The average molecular weight is 464 g/mol. The van der Waals surface area contributed by atoms with Crippen LogP contribution in [0.15, 0.2) is 83.6 Å². The second-order valence-corrected chi connectivity index (χ2v) is 8.60. The number of fused-ring (bicyclic) bond motifs is 1. The number of nitrogens with zero attached hydrogens (tertiary/aromatic N) is 4. The van der Waals surface area contributed by atoms with Gasteiger partial charge in [-0.1, -0.05) is 47.6 Å². The molecule has 3 aromatic carbocycles. The van der Waals surface area contributed by atoms with Crippen LogP contribution in [-0.4, -0.2) is 31.6 Å². The molecule has 172 valence electrons. The van der Waals surface area contributed by atoms with Crippen molar-refractivity contribution in [3.63, 3.8) is 0 Å². The van der Waals surface area contributed by atoms with Crippen LogP contribution in [0.4, 0.5) is 4.79 Å². The lowest BCUT2D eigenvalue weighted by Gasteiger charge is -2.21. The fraction of sp³-hybridized carbons (Fsp3) is 0.115. The van der Waals surface area contributed by atoms with Gasteiger partial charge >= 0.3 is 6.03 Å². The van der Waals surface area contributed by atoms with Gasteiger partial charge in [0.1, 0.15) is 5.54 Å². The number of carbonyl (C=O) groups excluding carboxylic acids is 2. The smallest absolute Gasteiger partial charge is 0.322 e. The molecule has 3 heterocycles. The van der Waals surface area contributed by atoms with Crippen molar-refractivity contribution in [2.45, 2.75) is 19.0 Å². The Balaban J connectivity index is 1.28. The molecule has 0 aliphatic carbocycles. The van der Waals surface area contributed by atoms with Gasteiger partial charge in [0.05, 0.1) is 17.4 Å². The summed E-state index contributed by atoms with van der Waals surface area (Å²) in [5.41, 5.74) is 4.03. The van der Waals surface area contributed by atoms with Crippen molar-refractivity contribution < 1.29 is 14.1 Å². The molecule has 0 radical (unpaired) electrons. The largest absolute Gasteiger partial charge is 0.334 e. The number of aromatic nitrogens is 4. The van der Waals surface area contributed by atoms with Crippen molar-refractivity contribution >= 4 is 23.0 Å². The third kappa shape index (κ3) is 3.63. The van der Waals surface area contributed by atoms with Crippen molar-refractivity contribution in [1.82, 2.24) is 30.3 Å². The highest BCUT2D eigenvalue weighted by Crippen LogP contribution is 2.29. The second-order valence-electron chi connectivity index (χ2n) is 8.60. The van der Waals surface area contributed by atoms with E-state index in [1.54, 1.807) is 25.1 Å². The van der Waals surface area contributed by atoms with Gasteiger partial charge in [-0.15, -0.1) is 0 Å². The van der Waals surface area contributed by atoms with Crippen LogP contribution in [-0.2, 0) is 16.9 Å². The van der Waals surface area contributed by atoms with Crippen LogP contribution in [0.2, 0.25) is 0 Å². The third-order valence-corrected chi connectivity index (χ3v) is 6.22. The second kappa shape index (κ2) is 7.91. The van der Waals surface area contributed by atoms with Crippen LogP contribution in [0.5, 0.6) is 0 Å². The highest BCUT2D eigenvalue weighted by Gasteiger charge is 2.43. The van der Waals surface area contributed by atoms with E-state index in [4.69, 9.17) is 4.52 Å². The molecule has 2 aromatic heterocycles. The van der Waals surface area contributed by atoms with Gasteiger partial charge in [0, 0.05) is 17.7 Å². The fourth-order valence-corrected chi connectivity index (χ4v) is 4.31. The maximum atomic E-state index is 12.3. The molecular formula is C26H20N6O3. The number of benzene rings is 3. The molecule has 1 saturated heterocycles. The summed E-state index contributed by atoms with van der Waals surface area (Å²) in [7, 11) is 0. The molecule has 1 unspecified atom stereocenters. The summed E-state index contributed by atoms with van der Waals surface area (Å²) in [4.78, 5) is 33.0. The van der Waals surface area contributed by atoms with Crippen LogP contribution in [0, 0.1) is 0 Å². The molecule has 0 saturated carbocycles. The number of para-hydroxylation sites is 2. The zero-order chi connectivity index (χ0) is 24.0. The van der Waals surface area contributed by atoms with E-state index in [2.05, 4.69) is 30.3 Å². The Morgan fingerprint density at radius 3 is 2.66 bits per heavy atom. The summed E-state index contributed by atoms with van der Waals surface area (Å²) in [5, 5.41) is 9.11. The summed E-state index contributed by atoms with van der Waals surface area (Å²) in [6, 6.07) is 22.6. The highest BCUT2D eigenvalue weighted by molar-refractivity contribution is 6.07. The quantitative estimate of drug-likeness (QED) is 0.382. The Kier molecular flexibility index (Phi) is 4.70. The van der Waals surface area contributed by atoms with E-state index in [1.807, 2.05) is 60.9 Å². The lowest BCUT2D eigenvalue weighted by atomic mass is 9.91. The van der Waals surface area contributed by atoms with Crippen molar-refractivity contribution in [2.24, 2.45) is 0 Å². The number of carbonyl (C=O) groups is 2. The van der Waals surface area contributed by atoms with Crippen LogP contribution < -0.4 is 10.6 Å². The molecule has 9 heteroatoms. The summed E-state index contributed by atoms with van der Waals surface area (Å²) >= 11 is 0. The maximum Gasteiger partial charge on any atom is 0.322 e. The van der Waals surface area contributed by atoms with Crippen LogP contribution >= 0.6 is 0 Å². The summed E-state index contributed by atoms with van der Waals surface area (Å²) in [6.07, 6.45) is 1.84. The zero-order valence-electron chi connectivity index (χ0n) is 18.7. The molecule has 1 aliphatic rings. The Hall–Kier alpha value is -4.79. The lowest BCUT2D eigenvalue weighted by Crippen LogP contribution is -2.40. The van der Waals surface area contributed by atoms with Crippen LogP contribution in [0.3, 0.4) is 0 Å². The molecule has 9 nitrogen and oxygen atoms in total. The third-order valence-electron chi connectivity index (χ3n) is 6.22. The van der Waals surface area contributed by atoms with Crippen molar-refractivity contribution in [3.8, 4) is 22.8 Å². The predicted molar refractivity (Wildman–Crippen MR) is 128 cm³/mol. The molecule has 2 N–H and O–H groups in total. The van der Waals surface area contributed by atoms with E-state index < -0.39 is 17.5 Å². The number of nitrogens with one attached hydrogen (secondary N) is 2. The molecule has 1 aliphatic heterocycles. The Morgan fingerprint density at radius 2 is 1.80 bits per heavy atom.